The molecule has 0 heterocycles. The van der Waals surface area contributed by atoms with Gasteiger partial charge in [0, 0.05) is 13.1 Å². The minimum absolute atomic E-state index is 0.145. The van der Waals surface area contributed by atoms with Crippen LogP contribution < -0.4 is 4.90 Å². The quantitative estimate of drug-likeness (QED) is 0.340. The van der Waals surface area contributed by atoms with Crippen molar-refractivity contribution in [2.45, 2.75) is 44.9 Å². The molecule has 0 saturated heterocycles. The van der Waals surface area contributed by atoms with E-state index < -0.39 is 0 Å². The Hall–Kier alpha value is -2.03. The summed E-state index contributed by atoms with van der Waals surface area (Å²) in [4.78, 5) is 2.13. The number of para-hydroxylation sites is 1. The molecule has 0 amide bonds. The second-order valence-corrected chi connectivity index (χ2v) is 6.36. The number of nitrogens with zero attached hydrogens (tertiary/aromatic N) is 1. The van der Waals surface area contributed by atoms with Crippen molar-refractivity contribution in [2.24, 2.45) is 0 Å². The predicted octanol–water partition coefficient (Wildman–Crippen LogP) is 6.02. The molecular formula is C22H30FNO. The first-order valence-corrected chi connectivity index (χ1v) is 9.41. The average molecular weight is 343 g/mol. The van der Waals surface area contributed by atoms with Gasteiger partial charge in [-0.1, -0.05) is 37.1 Å². The maximum atomic E-state index is 14.0. The van der Waals surface area contributed by atoms with E-state index in [1.807, 2.05) is 18.2 Å². The summed E-state index contributed by atoms with van der Waals surface area (Å²) in [5, 5.41) is 0. The molecule has 0 aromatic heterocycles. The van der Waals surface area contributed by atoms with Gasteiger partial charge in [0.15, 0.2) is 0 Å². The molecular weight excluding hydrogens is 313 g/mol. The van der Waals surface area contributed by atoms with Crippen molar-refractivity contribution in [3.05, 3.63) is 66.7 Å². The van der Waals surface area contributed by atoms with Crippen LogP contribution in [0.15, 0.2) is 60.9 Å². The van der Waals surface area contributed by atoms with Crippen molar-refractivity contribution in [1.82, 2.24) is 0 Å². The summed E-state index contributed by atoms with van der Waals surface area (Å²) in [5.41, 5.74) is 0.698. The van der Waals surface area contributed by atoms with Gasteiger partial charge in [0.25, 0.3) is 0 Å². The fourth-order valence-corrected chi connectivity index (χ4v) is 2.95. The highest BCUT2D eigenvalue weighted by atomic mass is 19.1. The molecule has 2 rings (SSSR count). The van der Waals surface area contributed by atoms with Gasteiger partial charge in [-0.2, -0.15) is 0 Å². The topological polar surface area (TPSA) is 12.5 Å². The molecule has 3 heteroatoms. The molecule has 0 radical (unpaired) electrons. The monoisotopic (exact) mass is 343 g/mol. The summed E-state index contributed by atoms with van der Waals surface area (Å²) in [5.74, 6) is 0.871. The van der Waals surface area contributed by atoms with Crippen molar-refractivity contribution < 1.29 is 9.13 Å². The Balaban J connectivity index is 1.65. The molecule has 0 unspecified atom stereocenters. The number of hydrogen-bond acceptors (Lipinski definition) is 2. The van der Waals surface area contributed by atoms with Crippen LogP contribution in [-0.2, 0) is 4.74 Å². The van der Waals surface area contributed by atoms with Gasteiger partial charge in [0.1, 0.15) is 11.6 Å². The van der Waals surface area contributed by atoms with E-state index in [0.717, 1.165) is 70.4 Å². The molecule has 25 heavy (non-hydrogen) atoms. The summed E-state index contributed by atoms with van der Waals surface area (Å²) < 4.78 is 19.8. The van der Waals surface area contributed by atoms with E-state index in [4.69, 9.17) is 4.74 Å². The van der Waals surface area contributed by atoms with Crippen LogP contribution in [0.1, 0.15) is 44.9 Å². The van der Waals surface area contributed by atoms with E-state index in [2.05, 4.69) is 29.7 Å². The number of ether oxygens (including phenoxy) is 1. The molecule has 0 spiro atoms. The van der Waals surface area contributed by atoms with Crippen LogP contribution in [0.25, 0.3) is 0 Å². The number of unbranched alkanes of at least 4 members (excludes halogenated alkanes) is 3. The molecule has 0 fully saturated rings. The van der Waals surface area contributed by atoms with E-state index in [-0.39, 0.29) is 5.82 Å². The summed E-state index contributed by atoms with van der Waals surface area (Å²) in [7, 11) is 0. The molecule has 0 saturated carbocycles. The van der Waals surface area contributed by atoms with Crippen LogP contribution in [0.4, 0.5) is 10.1 Å². The van der Waals surface area contributed by atoms with Crippen molar-refractivity contribution in [3.8, 4) is 0 Å². The van der Waals surface area contributed by atoms with Gasteiger partial charge in [0.05, 0.1) is 12.3 Å². The average Bonchev–Trinajstić information content (AvgIpc) is 2.65. The first kappa shape index (κ1) is 19.3. The minimum atomic E-state index is -0.145. The van der Waals surface area contributed by atoms with Gasteiger partial charge >= 0.3 is 0 Å². The lowest BCUT2D eigenvalue weighted by Crippen LogP contribution is -2.26. The fraction of sp³-hybridized carbons (Fsp3) is 0.455. The maximum Gasteiger partial charge on any atom is 0.146 e. The zero-order valence-electron chi connectivity index (χ0n) is 15.1. The standard InChI is InChI=1S/C22H30FNO/c1-2-3-17-24(22-16-10-9-15-21(22)23)18-11-4-5-12-19-25-20-13-7-6-8-14-20/h2,7,9-10,13-16H,1,3-6,8,11-12,17-19H2. The van der Waals surface area contributed by atoms with Crippen LogP contribution in [0.3, 0.4) is 0 Å². The largest absolute Gasteiger partial charge is 0.494 e. The summed E-state index contributed by atoms with van der Waals surface area (Å²) in [6, 6.07) is 7.02. The Labute approximate surface area is 151 Å². The van der Waals surface area contributed by atoms with E-state index >= 15 is 0 Å². The zero-order valence-corrected chi connectivity index (χ0v) is 15.1. The third kappa shape index (κ3) is 7.16. The lowest BCUT2D eigenvalue weighted by Gasteiger charge is -2.24. The summed E-state index contributed by atoms with van der Waals surface area (Å²) >= 11 is 0. The van der Waals surface area contributed by atoms with E-state index in [9.17, 15) is 4.39 Å². The van der Waals surface area contributed by atoms with Gasteiger partial charge in [0.2, 0.25) is 0 Å². The first-order valence-electron chi connectivity index (χ1n) is 9.41. The molecule has 0 N–H and O–H groups in total. The molecule has 2 nitrogen and oxygen atoms in total. The number of allylic oxidation sites excluding steroid dienone is 3. The third-order valence-electron chi connectivity index (χ3n) is 4.35. The van der Waals surface area contributed by atoms with Crippen LogP contribution in [0, 0.1) is 5.82 Å². The van der Waals surface area contributed by atoms with Gasteiger partial charge in [-0.25, -0.2) is 4.39 Å². The number of hydrogen-bond donors (Lipinski definition) is 0. The highest BCUT2D eigenvalue weighted by molar-refractivity contribution is 5.47. The van der Waals surface area contributed by atoms with Gasteiger partial charge < -0.3 is 9.64 Å². The van der Waals surface area contributed by atoms with E-state index in [1.165, 1.54) is 6.07 Å². The van der Waals surface area contributed by atoms with Crippen LogP contribution in [0.5, 0.6) is 0 Å². The van der Waals surface area contributed by atoms with Gasteiger partial charge in [-0.05, 0) is 56.4 Å². The Morgan fingerprint density at radius 2 is 1.92 bits per heavy atom. The lowest BCUT2D eigenvalue weighted by molar-refractivity contribution is 0.215. The van der Waals surface area contributed by atoms with Crippen LogP contribution in [-0.4, -0.2) is 19.7 Å². The van der Waals surface area contributed by atoms with Gasteiger partial charge in [-0.15, -0.1) is 6.58 Å². The van der Waals surface area contributed by atoms with Crippen molar-refractivity contribution in [1.29, 1.82) is 0 Å². The first-order chi connectivity index (χ1) is 12.3. The summed E-state index contributed by atoms with van der Waals surface area (Å²) in [6.45, 7) is 6.25. The maximum absolute atomic E-state index is 14.0. The van der Waals surface area contributed by atoms with Crippen LogP contribution >= 0.6 is 0 Å². The van der Waals surface area contributed by atoms with Crippen molar-refractivity contribution in [2.75, 3.05) is 24.6 Å². The molecule has 1 aliphatic carbocycles. The minimum Gasteiger partial charge on any atom is -0.494 e. The second-order valence-electron chi connectivity index (χ2n) is 6.36. The van der Waals surface area contributed by atoms with E-state index in [0.29, 0.717) is 5.69 Å². The number of anilines is 1. The number of benzene rings is 1. The zero-order chi connectivity index (χ0) is 17.7. The van der Waals surface area contributed by atoms with E-state index in [1.54, 1.807) is 6.07 Å². The number of rotatable bonds is 12. The Morgan fingerprint density at radius 1 is 1.08 bits per heavy atom. The number of halogens is 1. The van der Waals surface area contributed by atoms with Crippen molar-refractivity contribution >= 4 is 5.69 Å². The molecule has 0 atom stereocenters. The lowest BCUT2D eigenvalue weighted by atomic mass is 10.1. The van der Waals surface area contributed by atoms with Crippen LogP contribution in [0.2, 0.25) is 0 Å². The summed E-state index contributed by atoms with van der Waals surface area (Å²) in [6.07, 6.45) is 15.8. The van der Waals surface area contributed by atoms with Gasteiger partial charge in [-0.3, -0.25) is 0 Å². The smallest absolute Gasteiger partial charge is 0.146 e. The highest BCUT2D eigenvalue weighted by Crippen LogP contribution is 2.20. The fourth-order valence-electron chi connectivity index (χ4n) is 2.95. The third-order valence-corrected chi connectivity index (χ3v) is 4.35. The molecule has 1 aromatic rings. The Kier molecular flexibility index (Phi) is 8.89. The SMILES string of the molecule is C=CCCN(CCCCCCOC1=CCCC=C1)c1ccccc1F. The Morgan fingerprint density at radius 3 is 2.68 bits per heavy atom. The molecule has 0 bridgehead atoms. The Bertz CT molecular complexity index is 579. The molecule has 1 aliphatic rings. The molecule has 0 aliphatic heterocycles. The predicted molar refractivity (Wildman–Crippen MR) is 104 cm³/mol. The molecule has 1 aromatic carbocycles. The molecule has 136 valence electrons. The normalized spacial score (nSPS) is 13.4. The highest BCUT2D eigenvalue weighted by Gasteiger charge is 2.09. The second kappa shape index (κ2) is 11.5. The van der Waals surface area contributed by atoms with Crippen molar-refractivity contribution in [3.63, 3.8) is 0 Å².